The van der Waals surface area contributed by atoms with Gasteiger partial charge in [0.25, 0.3) is 0 Å². The fourth-order valence-corrected chi connectivity index (χ4v) is 4.01. The van der Waals surface area contributed by atoms with Crippen LogP contribution in [0, 0.1) is 6.92 Å². The van der Waals surface area contributed by atoms with Crippen LogP contribution in [-0.4, -0.2) is 42.7 Å². The Kier molecular flexibility index (Phi) is 9.06. The monoisotopic (exact) mass is 414 g/mol. The topological polar surface area (TPSA) is 58.6 Å². The van der Waals surface area contributed by atoms with Gasteiger partial charge in [-0.15, -0.1) is 11.8 Å². The van der Waals surface area contributed by atoms with E-state index >= 15 is 0 Å². The third kappa shape index (κ3) is 6.82. The van der Waals surface area contributed by atoms with E-state index < -0.39 is 6.04 Å². The molecule has 0 aromatic heterocycles. The van der Waals surface area contributed by atoms with Gasteiger partial charge in [0.2, 0.25) is 11.8 Å². The molecule has 2 rings (SSSR count). The molecule has 0 saturated heterocycles. The van der Waals surface area contributed by atoms with Gasteiger partial charge < -0.3 is 15.0 Å². The van der Waals surface area contributed by atoms with Gasteiger partial charge in [0, 0.05) is 19.3 Å². The Balaban J connectivity index is 2.09. The molecule has 1 atom stereocenters. The van der Waals surface area contributed by atoms with Crippen LogP contribution >= 0.6 is 11.8 Å². The number of rotatable bonds is 10. The van der Waals surface area contributed by atoms with Gasteiger partial charge in [0.15, 0.2) is 0 Å². The average Bonchev–Trinajstić information content (AvgIpc) is 2.73. The molecule has 2 aromatic rings. The Hall–Kier alpha value is -2.47. The lowest BCUT2D eigenvalue weighted by Gasteiger charge is -2.30. The van der Waals surface area contributed by atoms with Crippen molar-refractivity contribution in [1.29, 1.82) is 0 Å². The van der Waals surface area contributed by atoms with Crippen molar-refractivity contribution in [2.75, 3.05) is 19.9 Å². The lowest BCUT2D eigenvalue weighted by Crippen LogP contribution is -2.48. The van der Waals surface area contributed by atoms with Crippen LogP contribution in [0.2, 0.25) is 0 Å². The van der Waals surface area contributed by atoms with E-state index in [0.717, 1.165) is 17.1 Å². The second-order valence-electron chi connectivity index (χ2n) is 6.89. The maximum atomic E-state index is 13.0. The van der Waals surface area contributed by atoms with Gasteiger partial charge in [0.05, 0.1) is 12.9 Å². The van der Waals surface area contributed by atoms with Crippen LogP contribution in [0.4, 0.5) is 0 Å². The van der Waals surface area contributed by atoms with Gasteiger partial charge in [-0.1, -0.05) is 48.9 Å². The van der Waals surface area contributed by atoms with Crippen LogP contribution in [0.15, 0.2) is 48.5 Å². The van der Waals surface area contributed by atoms with E-state index in [1.165, 1.54) is 11.1 Å². The number of likely N-dealkylation sites (N-methyl/N-ethyl adjacent to an activating group) is 1. The lowest BCUT2D eigenvalue weighted by atomic mass is 10.1. The zero-order chi connectivity index (χ0) is 21.2. The molecule has 29 heavy (non-hydrogen) atoms. The highest BCUT2D eigenvalue weighted by Crippen LogP contribution is 2.19. The molecular formula is C23H30N2O3S. The number of thioether (sulfide) groups is 1. The molecule has 0 bridgehead atoms. The third-order valence-electron chi connectivity index (χ3n) is 4.72. The number of nitrogens with zero attached hydrogens (tertiary/aromatic N) is 1. The SMILES string of the molecule is CC[C@H](C(=O)NC)N(Cc1ccc(OC)cc1)C(=O)CSCc1cccc(C)c1. The van der Waals surface area contributed by atoms with E-state index in [1.807, 2.05) is 37.3 Å². The molecule has 0 radical (unpaired) electrons. The summed E-state index contributed by atoms with van der Waals surface area (Å²) in [6, 6.07) is 15.4. The van der Waals surface area contributed by atoms with Crippen molar-refractivity contribution in [3.8, 4) is 5.75 Å². The minimum Gasteiger partial charge on any atom is -0.497 e. The largest absolute Gasteiger partial charge is 0.497 e. The number of amides is 2. The maximum Gasteiger partial charge on any atom is 0.242 e. The molecule has 5 nitrogen and oxygen atoms in total. The standard InChI is InChI=1S/C23H30N2O3S/c1-5-21(23(27)24-3)25(14-18-9-11-20(28-4)12-10-18)22(26)16-29-15-19-8-6-7-17(2)13-19/h6-13,21H,5,14-16H2,1-4H3,(H,24,27)/t21-/m1/s1. The number of carbonyl (C=O) groups is 2. The summed E-state index contributed by atoms with van der Waals surface area (Å²) in [5, 5.41) is 2.68. The number of benzene rings is 2. The van der Waals surface area contributed by atoms with E-state index in [1.54, 1.807) is 30.8 Å². The molecule has 0 unspecified atom stereocenters. The van der Waals surface area contributed by atoms with Gasteiger partial charge in [-0.2, -0.15) is 0 Å². The number of hydrogen-bond donors (Lipinski definition) is 1. The summed E-state index contributed by atoms with van der Waals surface area (Å²) in [5.74, 6) is 1.68. The van der Waals surface area contributed by atoms with Crippen molar-refractivity contribution in [2.24, 2.45) is 0 Å². The first-order valence-corrected chi connectivity index (χ1v) is 10.9. The van der Waals surface area contributed by atoms with Crippen LogP contribution in [0.25, 0.3) is 0 Å². The summed E-state index contributed by atoms with van der Waals surface area (Å²) in [4.78, 5) is 27.1. The molecule has 156 valence electrons. The zero-order valence-electron chi connectivity index (χ0n) is 17.6. The van der Waals surface area contributed by atoms with E-state index in [2.05, 4.69) is 30.4 Å². The summed E-state index contributed by atoms with van der Waals surface area (Å²) in [5.41, 5.74) is 3.37. The Labute approximate surface area is 177 Å². The Morgan fingerprint density at radius 3 is 2.45 bits per heavy atom. The fourth-order valence-electron chi connectivity index (χ4n) is 3.15. The summed E-state index contributed by atoms with van der Waals surface area (Å²) < 4.78 is 5.20. The Morgan fingerprint density at radius 2 is 1.86 bits per heavy atom. The summed E-state index contributed by atoms with van der Waals surface area (Å²) in [7, 11) is 3.22. The molecule has 1 N–H and O–H groups in total. The first-order valence-electron chi connectivity index (χ1n) is 9.75. The number of ether oxygens (including phenoxy) is 1. The third-order valence-corrected chi connectivity index (χ3v) is 5.71. The highest BCUT2D eigenvalue weighted by Gasteiger charge is 2.27. The minimum absolute atomic E-state index is 0.0334. The van der Waals surface area contributed by atoms with E-state index in [9.17, 15) is 9.59 Å². The molecule has 0 saturated carbocycles. The molecule has 2 aromatic carbocycles. The smallest absolute Gasteiger partial charge is 0.242 e. The van der Waals surface area contributed by atoms with Crippen LogP contribution in [-0.2, 0) is 21.9 Å². The molecular weight excluding hydrogens is 384 g/mol. The molecule has 0 aliphatic heterocycles. The zero-order valence-corrected chi connectivity index (χ0v) is 18.4. The van der Waals surface area contributed by atoms with Gasteiger partial charge in [-0.25, -0.2) is 0 Å². The van der Waals surface area contributed by atoms with Gasteiger partial charge >= 0.3 is 0 Å². The van der Waals surface area contributed by atoms with Crippen LogP contribution in [0.3, 0.4) is 0 Å². The number of aryl methyl sites for hydroxylation is 1. The van der Waals surface area contributed by atoms with Crippen LogP contribution in [0.1, 0.15) is 30.0 Å². The predicted octanol–water partition coefficient (Wildman–Crippen LogP) is 3.79. The van der Waals surface area contributed by atoms with Crippen molar-refractivity contribution in [2.45, 2.75) is 38.6 Å². The first-order chi connectivity index (χ1) is 14.0. The molecule has 0 heterocycles. The normalized spacial score (nSPS) is 11.6. The van der Waals surface area contributed by atoms with Gasteiger partial charge in [-0.3, -0.25) is 9.59 Å². The van der Waals surface area contributed by atoms with E-state index in [4.69, 9.17) is 4.74 Å². The number of nitrogens with one attached hydrogen (secondary N) is 1. The highest BCUT2D eigenvalue weighted by molar-refractivity contribution is 7.99. The average molecular weight is 415 g/mol. The molecule has 0 spiro atoms. The summed E-state index contributed by atoms with van der Waals surface area (Å²) in [6.45, 7) is 4.37. The Bertz CT molecular complexity index is 808. The predicted molar refractivity (Wildman–Crippen MR) is 119 cm³/mol. The van der Waals surface area contributed by atoms with Crippen LogP contribution in [0.5, 0.6) is 5.75 Å². The molecule has 2 amide bonds. The molecule has 0 fully saturated rings. The van der Waals surface area contributed by atoms with Crippen molar-refractivity contribution >= 4 is 23.6 Å². The Morgan fingerprint density at radius 1 is 1.14 bits per heavy atom. The first kappa shape index (κ1) is 22.8. The molecule has 6 heteroatoms. The van der Waals surface area contributed by atoms with Gasteiger partial charge in [-0.05, 0) is 36.6 Å². The van der Waals surface area contributed by atoms with E-state index in [0.29, 0.717) is 18.7 Å². The second kappa shape index (κ2) is 11.5. The van der Waals surface area contributed by atoms with Crippen molar-refractivity contribution in [1.82, 2.24) is 10.2 Å². The number of methoxy groups -OCH3 is 1. The molecule has 0 aliphatic rings. The fraction of sp³-hybridized carbons (Fsp3) is 0.391. The summed E-state index contributed by atoms with van der Waals surface area (Å²) >= 11 is 1.57. The quantitative estimate of drug-likeness (QED) is 0.643. The van der Waals surface area contributed by atoms with Gasteiger partial charge in [0.1, 0.15) is 11.8 Å². The van der Waals surface area contributed by atoms with Crippen molar-refractivity contribution < 1.29 is 14.3 Å². The highest BCUT2D eigenvalue weighted by atomic mass is 32.2. The number of carbonyl (C=O) groups excluding carboxylic acids is 2. The molecule has 0 aliphatic carbocycles. The minimum atomic E-state index is -0.492. The second-order valence-corrected chi connectivity index (χ2v) is 7.88. The maximum absolute atomic E-state index is 13.0. The van der Waals surface area contributed by atoms with Crippen LogP contribution < -0.4 is 10.1 Å². The summed E-state index contributed by atoms with van der Waals surface area (Å²) in [6.07, 6.45) is 0.560. The van der Waals surface area contributed by atoms with Crippen molar-refractivity contribution in [3.63, 3.8) is 0 Å². The lowest BCUT2D eigenvalue weighted by molar-refractivity contribution is -0.139. The number of hydrogen-bond acceptors (Lipinski definition) is 4. The van der Waals surface area contributed by atoms with E-state index in [-0.39, 0.29) is 11.8 Å². The van der Waals surface area contributed by atoms with Crippen molar-refractivity contribution in [3.05, 3.63) is 65.2 Å².